The maximum atomic E-state index is 12.1. The van der Waals surface area contributed by atoms with E-state index in [-0.39, 0.29) is 11.8 Å². The van der Waals surface area contributed by atoms with E-state index in [1.54, 1.807) is 36.4 Å². The number of carbonyl (C=O) groups excluding carboxylic acids is 2. The number of nitrogens with two attached hydrogens (primary N) is 1. The van der Waals surface area contributed by atoms with Gasteiger partial charge in [-0.3, -0.25) is 9.59 Å². The summed E-state index contributed by atoms with van der Waals surface area (Å²) in [6.07, 6.45) is 0. The smallest absolute Gasteiger partial charge is 0.257 e. The van der Waals surface area contributed by atoms with Crippen LogP contribution < -0.4 is 16.4 Å². The number of rotatable bonds is 3. The number of hydrogen-bond acceptors (Lipinski definition) is 3. The van der Waals surface area contributed by atoms with E-state index in [1.165, 1.54) is 13.0 Å². The Bertz CT molecular complexity index is 684. The topological polar surface area (TPSA) is 84.2 Å². The quantitative estimate of drug-likeness (QED) is 0.762. The number of nitrogens with one attached hydrogen (secondary N) is 2. The predicted octanol–water partition coefficient (Wildman–Crippen LogP) is 3.13. The summed E-state index contributed by atoms with van der Waals surface area (Å²) in [6.45, 7) is 1.43. The molecule has 6 heteroatoms. The minimum Gasteiger partial charge on any atom is -0.399 e. The first kappa shape index (κ1) is 14.9. The summed E-state index contributed by atoms with van der Waals surface area (Å²) in [5, 5.41) is 5.69. The Kier molecular flexibility index (Phi) is 4.45. The monoisotopic (exact) mass is 303 g/mol. The van der Waals surface area contributed by atoms with Crippen LogP contribution in [0.1, 0.15) is 17.3 Å². The van der Waals surface area contributed by atoms with Crippen molar-refractivity contribution in [3.8, 4) is 0 Å². The second kappa shape index (κ2) is 6.28. The van der Waals surface area contributed by atoms with Crippen LogP contribution >= 0.6 is 11.6 Å². The van der Waals surface area contributed by atoms with Crippen molar-refractivity contribution in [1.29, 1.82) is 0 Å². The Morgan fingerprint density at radius 1 is 1.00 bits per heavy atom. The van der Waals surface area contributed by atoms with Gasteiger partial charge in [0.15, 0.2) is 0 Å². The molecule has 0 spiro atoms. The number of anilines is 3. The van der Waals surface area contributed by atoms with Crippen molar-refractivity contribution in [3.05, 3.63) is 53.1 Å². The molecule has 2 aromatic rings. The molecule has 0 aliphatic heterocycles. The number of halogens is 1. The van der Waals surface area contributed by atoms with Gasteiger partial charge in [0.05, 0.1) is 10.6 Å². The lowest BCUT2D eigenvalue weighted by Crippen LogP contribution is -2.13. The Morgan fingerprint density at radius 2 is 1.57 bits per heavy atom. The third-order valence-corrected chi connectivity index (χ3v) is 3.03. The van der Waals surface area contributed by atoms with Gasteiger partial charge in [0, 0.05) is 24.0 Å². The Balaban J connectivity index is 2.12. The van der Waals surface area contributed by atoms with Crippen LogP contribution in [-0.2, 0) is 4.79 Å². The van der Waals surface area contributed by atoms with E-state index in [0.29, 0.717) is 27.6 Å². The molecule has 4 N–H and O–H groups in total. The van der Waals surface area contributed by atoms with Crippen molar-refractivity contribution < 1.29 is 9.59 Å². The highest BCUT2D eigenvalue weighted by molar-refractivity contribution is 6.34. The van der Waals surface area contributed by atoms with Crippen LogP contribution in [0.4, 0.5) is 17.1 Å². The molecule has 0 fully saturated rings. The van der Waals surface area contributed by atoms with Gasteiger partial charge in [0.25, 0.3) is 5.91 Å². The first-order valence-electron chi connectivity index (χ1n) is 6.20. The van der Waals surface area contributed by atoms with Crippen LogP contribution in [0.2, 0.25) is 5.02 Å². The Morgan fingerprint density at radius 3 is 2.14 bits per heavy atom. The van der Waals surface area contributed by atoms with Crippen molar-refractivity contribution in [1.82, 2.24) is 0 Å². The summed E-state index contributed by atoms with van der Waals surface area (Å²) in [6, 6.07) is 11.5. The maximum Gasteiger partial charge on any atom is 0.257 e. The molecule has 0 saturated carbocycles. The molecule has 0 saturated heterocycles. The summed E-state index contributed by atoms with van der Waals surface area (Å²) >= 11 is 5.98. The number of benzene rings is 2. The van der Waals surface area contributed by atoms with Crippen molar-refractivity contribution in [3.63, 3.8) is 0 Å². The molecule has 0 aliphatic rings. The van der Waals surface area contributed by atoms with E-state index >= 15 is 0 Å². The minimum absolute atomic E-state index is 0.154. The van der Waals surface area contributed by atoms with Gasteiger partial charge in [0.2, 0.25) is 5.91 Å². The molecule has 0 aromatic heterocycles. The Hall–Kier alpha value is -2.53. The van der Waals surface area contributed by atoms with Crippen LogP contribution in [0.25, 0.3) is 0 Å². The summed E-state index contributed by atoms with van der Waals surface area (Å²) in [7, 11) is 0. The lowest BCUT2D eigenvalue weighted by Gasteiger charge is -2.08. The largest absolute Gasteiger partial charge is 0.399 e. The first-order valence-corrected chi connectivity index (χ1v) is 6.57. The fourth-order valence-electron chi connectivity index (χ4n) is 1.76. The van der Waals surface area contributed by atoms with Crippen molar-refractivity contribution in [2.45, 2.75) is 6.92 Å². The summed E-state index contributed by atoms with van der Waals surface area (Å²) in [5.74, 6) is -0.502. The lowest BCUT2D eigenvalue weighted by atomic mass is 10.2. The van der Waals surface area contributed by atoms with Crippen LogP contribution in [0.15, 0.2) is 42.5 Å². The molecule has 0 atom stereocenters. The molecule has 0 radical (unpaired) electrons. The second-order valence-corrected chi connectivity index (χ2v) is 4.86. The zero-order chi connectivity index (χ0) is 15.4. The van der Waals surface area contributed by atoms with Gasteiger partial charge in [-0.25, -0.2) is 0 Å². The zero-order valence-corrected chi connectivity index (χ0v) is 12.1. The highest BCUT2D eigenvalue weighted by Gasteiger charge is 2.11. The van der Waals surface area contributed by atoms with Crippen LogP contribution in [0, 0.1) is 0 Å². The standard InChI is InChI=1S/C15H14ClN3O2/c1-9(20)18-11-3-5-12(6-4-11)19-15(21)13-8-10(17)2-7-14(13)16/h2-8H,17H2,1H3,(H,18,20)(H,19,21). The first-order chi connectivity index (χ1) is 9.95. The van der Waals surface area contributed by atoms with Gasteiger partial charge in [-0.1, -0.05) is 11.6 Å². The van der Waals surface area contributed by atoms with Crippen LogP contribution in [0.5, 0.6) is 0 Å². The second-order valence-electron chi connectivity index (χ2n) is 4.45. The van der Waals surface area contributed by atoms with Crippen LogP contribution in [0.3, 0.4) is 0 Å². The van der Waals surface area contributed by atoms with Gasteiger partial charge in [0.1, 0.15) is 0 Å². The van der Waals surface area contributed by atoms with E-state index in [1.807, 2.05) is 0 Å². The minimum atomic E-state index is -0.348. The van der Waals surface area contributed by atoms with E-state index in [4.69, 9.17) is 17.3 Å². The molecule has 108 valence electrons. The highest BCUT2D eigenvalue weighted by Crippen LogP contribution is 2.21. The fourth-order valence-corrected chi connectivity index (χ4v) is 1.96. The molecular weight excluding hydrogens is 290 g/mol. The molecule has 0 bridgehead atoms. The van der Waals surface area contributed by atoms with Gasteiger partial charge in [-0.2, -0.15) is 0 Å². The van der Waals surface area contributed by atoms with E-state index < -0.39 is 0 Å². The Labute approximate surface area is 127 Å². The molecule has 21 heavy (non-hydrogen) atoms. The number of amides is 2. The average Bonchev–Trinajstić information content (AvgIpc) is 2.43. The average molecular weight is 304 g/mol. The van der Waals surface area contributed by atoms with Crippen molar-refractivity contribution >= 4 is 40.5 Å². The van der Waals surface area contributed by atoms with Crippen molar-refractivity contribution in [2.24, 2.45) is 0 Å². The zero-order valence-electron chi connectivity index (χ0n) is 11.3. The van der Waals surface area contributed by atoms with Gasteiger partial charge in [-0.15, -0.1) is 0 Å². The molecule has 5 nitrogen and oxygen atoms in total. The number of carbonyl (C=O) groups is 2. The SMILES string of the molecule is CC(=O)Nc1ccc(NC(=O)c2cc(N)ccc2Cl)cc1. The predicted molar refractivity (Wildman–Crippen MR) is 84.6 cm³/mol. The lowest BCUT2D eigenvalue weighted by molar-refractivity contribution is -0.114. The molecule has 2 amide bonds. The molecule has 0 heterocycles. The maximum absolute atomic E-state index is 12.1. The third-order valence-electron chi connectivity index (χ3n) is 2.70. The van der Waals surface area contributed by atoms with Crippen LogP contribution in [-0.4, -0.2) is 11.8 Å². The van der Waals surface area contributed by atoms with E-state index in [9.17, 15) is 9.59 Å². The van der Waals surface area contributed by atoms with Crippen molar-refractivity contribution in [2.75, 3.05) is 16.4 Å². The van der Waals surface area contributed by atoms with Gasteiger partial charge >= 0.3 is 0 Å². The number of hydrogen-bond donors (Lipinski definition) is 3. The molecule has 2 rings (SSSR count). The van der Waals surface area contributed by atoms with Gasteiger partial charge < -0.3 is 16.4 Å². The van der Waals surface area contributed by atoms with Gasteiger partial charge in [-0.05, 0) is 42.5 Å². The summed E-state index contributed by atoms with van der Waals surface area (Å²) in [4.78, 5) is 23.1. The highest BCUT2D eigenvalue weighted by atomic mass is 35.5. The van der Waals surface area contributed by atoms with E-state index in [2.05, 4.69) is 10.6 Å². The summed E-state index contributed by atoms with van der Waals surface area (Å²) < 4.78 is 0. The summed E-state index contributed by atoms with van der Waals surface area (Å²) in [5.41, 5.74) is 7.66. The van der Waals surface area contributed by atoms with E-state index in [0.717, 1.165) is 0 Å². The number of nitrogen functional groups attached to an aromatic ring is 1. The molecule has 2 aromatic carbocycles. The normalized spacial score (nSPS) is 10.0. The fraction of sp³-hybridized carbons (Fsp3) is 0.0667. The molecular formula is C15H14ClN3O2. The third kappa shape index (κ3) is 3.97. The molecule has 0 unspecified atom stereocenters. The molecule has 0 aliphatic carbocycles.